The van der Waals surface area contributed by atoms with E-state index in [4.69, 9.17) is 4.74 Å². The van der Waals surface area contributed by atoms with Crippen molar-refractivity contribution in [1.82, 2.24) is 4.90 Å². The Labute approximate surface area is 124 Å². The van der Waals surface area contributed by atoms with E-state index in [-0.39, 0.29) is 18.6 Å². The lowest BCUT2D eigenvalue weighted by atomic mass is 9.92. The minimum absolute atomic E-state index is 0.00527. The zero-order valence-corrected chi connectivity index (χ0v) is 12.4. The highest BCUT2D eigenvalue weighted by Gasteiger charge is 2.35. The van der Waals surface area contributed by atoms with Crippen molar-refractivity contribution in [2.24, 2.45) is 0 Å². The zero-order chi connectivity index (χ0) is 15.4. The summed E-state index contributed by atoms with van der Waals surface area (Å²) in [4.78, 5) is 25.3. The maximum atomic E-state index is 12.3. The molecule has 1 N–H and O–H groups in total. The van der Waals surface area contributed by atoms with Crippen molar-refractivity contribution < 1.29 is 19.4 Å². The fraction of sp³-hybridized carbons (Fsp3) is 0.500. The van der Waals surface area contributed by atoms with Crippen LogP contribution in [0, 0.1) is 0 Å². The summed E-state index contributed by atoms with van der Waals surface area (Å²) < 4.78 is 5.44. The van der Waals surface area contributed by atoms with Crippen LogP contribution in [0.5, 0.6) is 0 Å². The summed E-state index contributed by atoms with van der Waals surface area (Å²) in [5.41, 5.74) is 1.70. The molecular formula is C16H21NO4. The fourth-order valence-electron chi connectivity index (χ4n) is 2.52. The van der Waals surface area contributed by atoms with Crippen LogP contribution in [-0.4, -0.2) is 41.1 Å². The molecule has 1 aliphatic heterocycles. The molecule has 0 radical (unpaired) electrons. The monoisotopic (exact) mass is 291 g/mol. The summed E-state index contributed by atoms with van der Waals surface area (Å²) in [7, 11) is 0. The third-order valence-corrected chi connectivity index (χ3v) is 3.90. The molecule has 0 aromatic heterocycles. The first-order valence-electron chi connectivity index (χ1n) is 7.26. The van der Waals surface area contributed by atoms with Gasteiger partial charge in [0.05, 0.1) is 6.10 Å². The molecular weight excluding hydrogens is 270 g/mol. The van der Waals surface area contributed by atoms with E-state index in [1.54, 1.807) is 12.1 Å². The van der Waals surface area contributed by atoms with Crippen LogP contribution < -0.4 is 0 Å². The number of carboxylic acid groups (broad SMARTS) is 1. The van der Waals surface area contributed by atoms with Gasteiger partial charge in [0.15, 0.2) is 6.04 Å². The largest absolute Gasteiger partial charge is 0.479 e. The maximum Gasteiger partial charge on any atom is 0.331 e. The number of hydrogen-bond donors (Lipinski definition) is 1. The molecule has 1 heterocycles. The van der Waals surface area contributed by atoms with E-state index in [0.717, 1.165) is 12.0 Å². The molecule has 0 spiro atoms. The molecule has 1 aromatic rings. The van der Waals surface area contributed by atoms with E-state index < -0.39 is 12.0 Å². The first kappa shape index (κ1) is 15.5. The van der Waals surface area contributed by atoms with Gasteiger partial charge in [-0.25, -0.2) is 4.79 Å². The van der Waals surface area contributed by atoms with Gasteiger partial charge < -0.3 is 14.7 Å². The van der Waals surface area contributed by atoms with Gasteiger partial charge in [-0.05, 0) is 30.9 Å². The smallest absolute Gasteiger partial charge is 0.331 e. The molecule has 0 bridgehead atoms. The van der Waals surface area contributed by atoms with Crippen LogP contribution in [0.15, 0.2) is 24.3 Å². The number of carboxylic acids is 1. The van der Waals surface area contributed by atoms with Crippen molar-refractivity contribution in [3.63, 3.8) is 0 Å². The Morgan fingerprint density at radius 1 is 1.43 bits per heavy atom. The highest BCUT2D eigenvalue weighted by molar-refractivity contribution is 5.86. The molecule has 114 valence electrons. The number of carbonyl (C=O) groups is 2. The Hall–Kier alpha value is -1.88. The van der Waals surface area contributed by atoms with Crippen molar-refractivity contribution >= 4 is 11.9 Å². The highest BCUT2D eigenvalue weighted by Crippen LogP contribution is 2.30. The first-order valence-corrected chi connectivity index (χ1v) is 7.26. The number of rotatable bonds is 5. The van der Waals surface area contributed by atoms with E-state index >= 15 is 0 Å². The lowest BCUT2D eigenvalue weighted by Crippen LogP contribution is -2.45. The van der Waals surface area contributed by atoms with Crippen LogP contribution in [0.1, 0.15) is 37.4 Å². The Morgan fingerprint density at radius 3 is 2.81 bits per heavy atom. The zero-order valence-electron chi connectivity index (χ0n) is 12.4. The van der Waals surface area contributed by atoms with Gasteiger partial charge in [0.1, 0.15) is 6.61 Å². The van der Waals surface area contributed by atoms with Crippen LogP contribution in [0.4, 0.5) is 0 Å². The Kier molecular flexibility index (Phi) is 4.96. The lowest BCUT2D eigenvalue weighted by Gasteiger charge is -2.34. The third-order valence-electron chi connectivity index (χ3n) is 3.90. The number of amides is 1. The summed E-state index contributed by atoms with van der Waals surface area (Å²) >= 11 is 0. The third kappa shape index (κ3) is 3.42. The minimum Gasteiger partial charge on any atom is -0.479 e. The van der Waals surface area contributed by atoms with Gasteiger partial charge in [-0.2, -0.15) is 0 Å². The topological polar surface area (TPSA) is 66.8 Å². The standard InChI is InChI=1S/C16H21NO4/c1-3-11(2)21-10-14(18)17-9-8-12-6-4-5-7-13(12)15(17)16(19)20/h4-7,11,15H,3,8-10H2,1-2H3,(H,19,20). The van der Waals surface area contributed by atoms with Crippen LogP contribution >= 0.6 is 0 Å². The van der Waals surface area contributed by atoms with Crippen molar-refractivity contribution in [1.29, 1.82) is 0 Å². The summed E-state index contributed by atoms with van der Waals surface area (Å²) in [6, 6.07) is 6.48. The number of benzene rings is 1. The molecule has 0 saturated carbocycles. The molecule has 1 aliphatic rings. The molecule has 21 heavy (non-hydrogen) atoms. The normalized spacial score (nSPS) is 19.0. The average Bonchev–Trinajstić information content (AvgIpc) is 2.50. The van der Waals surface area contributed by atoms with E-state index in [1.165, 1.54) is 4.90 Å². The Balaban J connectivity index is 2.16. The summed E-state index contributed by atoms with van der Waals surface area (Å²) in [6.07, 6.45) is 1.49. The van der Waals surface area contributed by atoms with E-state index in [0.29, 0.717) is 18.5 Å². The molecule has 5 heteroatoms. The predicted molar refractivity (Wildman–Crippen MR) is 77.9 cm³/mol. The van der Waals surface area contributed by atoms with Crippen molar-refractivity contribution in [3.05, 3.63) is 35.4 Å². The number of ether oxygens (including phenoxy) is 1. The van der Waals surface area contributed by atoms with Gasteiger partial charge in [-0.3, -0.25) is 4.79 Å². The summed E-state index contributed by atoms with van der Waals surface area (Å²) in [5.74, 6) is -1.27. The number of nitrogens with zero attached hydrogens (tertiary/aromatic N) is 1. The average molecular weight is 291 g/mol. The van der Waals surface area contributed by atoms with Gasteiger partial charge >= 0.3 is 5.97 Å². The molecule has 2 atom stereocenters. The molecule has 1 amide bonds. The SMILES string of the molecule is CCC(C)OCC(=O)N1CCc2ccccc2C1C(=O)O. The second-order valence-corrected chi connectivity index (χ2v) is 5.31. The Morgan fingerprint density at radius 2 is 2.14 bits per heavy atom. The second-order valence-electron chi connectivity index (χ2n) is 5.31. The number of carbonyl (C=O) groups excluding carboxylic acids is 1. The van der Waals surface area contributed by atoms with Crippen molar-refractivity contribution in [3.8, 4) is 0 Å². The van der Waals surface area contributed by atoms with Crippen LogP contribution in [-0.2, 0) is 20.7 Å². The van der Waals surface area contributed by atoms with Gasteiger partial charge in [0.2, 0.25) is 5.91 Å². The summed E-state index contributed by atoms with van der Waals surface area (Å²) in [6.45, 7) is 4.22. The molecule has 0 fully saturated rings. The molecule has 1 aromatic carbocycles. The fourth-order valence-corrected chi connectivity index (χ4v) is 2.52. The van der Waals surface area contributed by atoms with Crippen molar-refractivity contribution in [2.75, 3.05) is 13.2 Å². The lowest BCUT2D eigenvalue weighted by molar-refractivity contribution is -0.154. The quantitative estimate of drug-likeness (QED) is 0.901. The molecule has 5 nitrogen and oxygen atoms in total. The van der Waals surface area contributed by atoms with E-state index in [1.807, 2.05) is 26.0 Å². The van der Waals surface area contributed by atoms with E-state index in [9.17, 15) is 14.7 Å². The number of hydrogen-bond acceptors (Lipinski definition) is 3. The number of fused-ring (bicyclic) bond motifs is 1. The Bertz CT molecular complexity index is 529. The predicted octanol–water partition coefficient (Wildman–Crippen LogP) is 2.01. The molecule has 0 aliphatic carbocycles. The first-order chi connectivity index (χ1) is 10.0. The van der Waals surface area contributed by atoms with Gasteiger partial charge in [-0.1, -0.05) is 31.2 Å². The highest BCUT2D eigenvalue weighted by atomic mass is 16.5. The minimum atomic E-state index is -1.00. The van der Waals surface area contributed by atoms with Gasteiger partial charge in [0.25, 0.3) is 0 Å². The van der Waals surface area contributed by atoms with Crippen LogP contribution in [0.25, 0.3) is 0 Å². The molecule has 2 unspecified atom stereocenters. The van der Waals surface area contributed by atoms with Crippen LogP contribution in [0.3, 0.4) is 0 Å². The molecule has 0 saturated heterocycles. The van der Waals surface area contributed by atoms with Crippen LogP contribution in [0.2, 0.25) is 0 Å². The summed E-state index contributed by atoms with van der Waals surface area (Å²) in [5, 5.41) is 9.49. The molecule has 2 rings (SSSR count). The maximum absolute atomic E-state index is 12.3. The van der Waals surface area contributed by atoms with Crippen molar-refractivity contribution in [2.45, 2.75) is 38.8 Å². The van der Waals surface area contributed by atoms with Gasteiger partial charge in [0, 0.05) is 6.54 Å². The van der Waals surface area contributed by atoms with E-state index in [2.05, 4.69) is 0 Å². The van der Waals surface area contributed by atoms with Gasteiger partial charge in [-0.15, -0.1) is 0 Å². The second kappa shape index (κ2) is 6.72. The number of aliphatic carboxylic acids is 1.